The summed E-state index contributed by atoms with van der Waals surface area (Å²) in [6, 6.07) is 21.4. The number of para-hydroxylation sites is 1. The van der Waals surface area contributed by atoms with Crippen LogP contribution < -0.4 is 24.0 Å². The number of ether oxygens (including phenoxy) is 8. The normalized spacial score (nSPS) is 18.0. The molecule has 0 spiro atoms. The van der Waals surface area contributed by atoms with Crippen LogP contribution in [0.25, 0.3) is 10.2 Å². The second-order valence-corrected chi connectivity index (χ2v) is 19.0. The number of esters is 3. The van der Waals surface area contributed by atoms with Crippen LogP contribution in [0.5, 0.6) is 23.0 Å². The first kappa shape index (κ1) is 53.8. The first-order valence-corrected chi connectivity index (χ1v) is 26.3. The average Bonchev–Trinajstić information content (AvgIpc) is 3.83. The minimum absolute atomic E-state index is 0.140. The quantitative estimate of drug-likeness (QED) is 0.0117. The number of hydrogen-bond donors (Lipinski definition) is 0. The molecule has 14 nitrogen and oxygen atoms in total. The number of fused-ring (bicyclic) bond motifs is 1. The summed E-state index contributed by atoms with van der Waals surface area (Å²) in [5.74, 6) is 2.22. The van der Waals surface area contributed by atoms with Gasteiger partial charge in [-0.2, -0.15) is 5.10 Å². The van der Waals surface area contributed by atoms with Crippen molar-refractivity contribution in [3.8, 4) is 23.0 Å². The minimum atomic E-state index is -0.485. The van der Waals surface area contributed by atoms with Crippen LogP contribution in [0.3, 0.4) is 0 Å². The number of unbranched alkanes of at least 4 members (excludes halogenated alkanes) is 4. The van der Waals surface area contributed by atoms with Gasteiger partial charge in [0.2, 0.25) is 5.13 Å². The molecule has 3 aromatic carbocycles. The fourth-order valence-electron chi connectivity index (χ4n) is 8.43. The molecule has 0 aliphatic heterocycles. The number of carbonyl (C=O) groups excluding carboxylic acids is 3. The van der Waals surface area contributed by atoms with Gasteiger partial charge >= 0.3 is 17.9 Å². The van der Waals surface area contributed by atoms with Gasteiger partial charge in [-0.15, -0.1) is 0 Å². The fourth-order valence-corrected chi connectivity index (χ4v) is 9.38. The molecule has 15 heteroatoms. The lowest BCUT2D eigenvalue weighted by molar-refractivity contribution is -0.152. The molecule has 0 amide bonds. The highest BCUT2D eigenvalue weighted by molar-refractivity contribution is 7.22. The molecule has 0 atom stereocenters. The third-order valence-electron chi connectivity index (χ3n) is 12.7. The fraction of sp³-hybridized carbons (Fsp3) is 0.545. The lowest BCUT2D eigenvalue weighted by atomic mass is 9.82. The van der Waals surface area contributed by atoms with Crippen molar-refractivity contribution in [2.75, 3.05) is 71.0 Å². The Hall–Kier alpha value is -5.51. The van der Waals surface area contributed by atoms with Crippen molar-refractivity contribution in [3.63, 3.8) is 0 Å². The second kappa shape index (κ2) is 30.3. The van der Waals surface area contributed by atoms with Crippen LogP contribution in [0.15, 0.2) is 84.5 Å². The van der Waals surface area contributed by atoms with Gasteiger partial charge in [0.25, 0.3) is 0 Å². The molecule has 1 aromatic heterocycles. The highest BCUT2D eigenvalue weighted by atomic mass is 32.1. The van der Waals surface area contributed by atoms with E-state index in [-0.39, 0.29) is 56.1 Å². The van der Waals surface area contributed by atoms with Crippen LogP contribution in [0.2, 0.25) is 0 Å². The van der Waals surface area contributed by atoms with Crippen molar-refractivity contribution in [1.82, 2.24) is 4.98 Å². The molecule has 0 saturated heterocycles. The van der Waals surface area contributed by atoms with Crippen molar-refractivity contribution in [2.24, 2.45) is 28.8 Å². The molecule has 380 valence electrons. The Kier molecular flexibility index (Phi) is 23.3. The highest BCUT2D eigenvalue weighted by Crippen LogP contribution is 2.34. The average molecular weight is 984 g/mol. The Labute approximate surface area is 418 Å². The van der Waals surface area contributed by atoms with Gasteiger partial charge < -0.3 is 37.9 Å². The van der Waals surface area contributed by atoms with Crippen LogP contribution in [-0.4, -0.2) is 95.1 Å². The first-order chi connectivity index (χ1) is 34.3. The number of hydrazone groups is 1. The van der Waals surface area contributed by atoms with E-state index in [0.29, 0.717) is 50.5 Å². The van der Waals surface area contributed by atoms with Gasteiger partial charge in [0, 0.05) is 18.2 Å². The van der Waals surface area contributed by atoms with E-state index in [4.69, 9.17) is 48.0 Å². The molecule has 0 bridgehead atoms. The molecule has 0 unspecified atom stereocenters. The molecule has 0 N–H and O–H groups in total. The first-order valence-electron chi connectivity index (χ1n) is 25.4. The number of anilines is 1. The van der Waals surface area contributed by atoms with Crippen LogP contribution in [0.1, 0.15) is 109 Å². The summed E-state index contributed by atoms with van der Waals surface area (Å²) in [5.41, 5.74) is 1.77. The third-order valence-corrected chi connectivity index (χ3v) is 13.7. The van der Waals surface area contributed by atoms with E-state index in [0.717, 1.165) is 129 Å². The monoisotopic (exact) mass is 983 g/mol. The number of nitrogens with zero attached hydrogens (tertiary/aromatic N) is 3. The topological polar surface area (TPSA) is 154 Å². The van der Waals surface area contributed by atoms with E-state index in [1.165, 1.54) is 6.42 Å². The summed E-state index contributed by atoms with van der Waals surface area (Å²) in [5, 5.41) is 7.92. The standard InChI is InChI=1S/C55H73N3O11S/c1-4-7-9-12-29-58(55-57-49-13-10-11-14-51(49)70-55)56-38-45-37-48(67-39-41-17-21-44(22-18-41)54(61)69-47-25-23-46(24-26-47)64-30-8-5-2)27-28-50(45)68-40-42-15-19-43(20-16-42)53(60)66-36-34-63-32-31-62-33-35-65-52(59)6-3/h6,10-11,13-14,23-28,37-38,41-44H,3-5,7-9,12,15-22,29-36,39-40H2,1-2H3/b56-38+. The molecule has 2 fully saturated rings. The van der Waals surface area contributed by atoms with Crippen molar-refractivity contribution >= 4 is 50.8 Å². The van der Waals surface area contributed by atoms with E-state index < -0.39 is 5.97 Å². The van der Waals surface area contributed by atoms with Crippen molar-refractivity contribution in [3.05, 3.63) is 84.9 Å². The maximum Gasteiger partial charge on any atom is 0.330 e. The lowest BCUT2D eigenvalue weighted by Crippen LogP contribution is -2.27. The van der Waals surface area contributed by atoms with E-state index >= 15 is 0 Å². The zero-order chi connectivity index (χ0) is 49.2. The number of thiazole rings is 1. The van der Waals surface area contributed by atoms with Crippen molar-refractivity contribution in [2.45, 2.75) is 104 Å². The van der Waals surface area contributed by atoms with E-state index in [2.05, 4.69) is 26.5 Å². The van der Waals surface area contributed by atoms with Gasteiger partial charge in [0.05, 0.1) is 74.5 Å². The zero-order valence-corrected chi connectivity index (χ0v) is 42.0. The molecule has 2 aliphatic carbocycles. The smallest absolute Gasteiger partial charge is 0.330 e. The summed E-state index contributed by atoms with van der Waals surface area (Å²) in [4.78, 5) is 42.0. The molecule has 70 heavy (non-hydrogen) atoms. The van der Waals surface area contributed by atoms with Gasteiger partial charge in [-0.3, -0.25) is 9.59 Å². The van der Waals surface area contributed by atoms with Crippen molar-refractivity contribution in [1.29, 1.82) is 0 Å². The number of rotatable bonds is 31. The predicted molar refractivity (Wildman–Crippen MR) is 273 cm³/mol. The molecular formula is C55H73N3O11S. The SMILES string of the molecule is C=CC(=O)OCCOCCOCCOC(=O)C1CCC(COc2ccc(OCC3CCC(C(=O)Oc4ccc(OCCCC)cc4)CC3)cc2/C=N/N(CCCCCC)c2nc3ccccc3s2)CC1. The Bertz CT molecular complexity index is 2180. The summed E-state index contributed by atoms with van der Waals surface area (Å²) in [6.45, 7) is 11.7. The van der Waals surface area contributed by atoms with Crippen molar-refractivity contribution < 1.29 is 52.3 Å². The Morgan fingerprint density at radius 3 is 1.99 bits per heavy atom. The summed E-state index contributed by atoms with van der Waals surface area (Å²) in [6.07, 6.45) is 15.9. The van der Waals surface area contributed by atoms with E-state index in [1.807, 2.05) is 59.8 Å². The summed E-state index contributed by atoms with van der Waals surface area (Å²) >= 11 is 1.64. The largest absolute Gasteiger partial charge is 0.494 e. The van der Waals surface area contributed by atoms with Gasteiger partial charge in [0.1, 0.15) is 36.2 Å². The predicted octanol–water partition coefficient (Wildman–Crippen LogP) is 11.2. The molecule has 2 aliphatic rings. The Morgan fingerprint density at radius 1 is 0.671 bits per heavy atom. The number of benzene rings is 3. The van der Waals surface area contributed by atoms with Gasteiger partial charge in [-0.05, 0) is 131 Å². The maximum atomic E-state index is 13.1. The third kappa shape index (κ3) is 18.3. The molecule has 1 heterocycles. The zero-order valence-electron chi connectivity index (χ0n) is 41.2. The molecule has 4 aromatic rings. The minimum Gasteiger partial charge on any atom is -0.494 e. The highest BCUT2D eigenvalue weighted by Gasteiger charge is 2.30. The molecule has 2 saturated carbocycles. The maximum absolute atomic E-state index is 13.1. The van der Waals surface area contributed by atoms with Crippen LogP contribution in [-0.2, 0) is 33.3 Å². The van der Waals surface area contributed by atoms with Crippen LogP contribution in [0, 0.1) is 23.7 Å². The van der Waals surface area contributed by atoms with Crippen LogP contribution >= 0.6 is 11.3 Å². The van der Waals surface area contributed by atoms with Gasteiger partial charge in [-0.25, -0.2) is 14.8 Å². The molecule has 6 rings (SSSR count). The summed E-state index contributed by atoms with van der Waals surface area (Å²) < 4.78 is 46.9. The lowest BCUT2D eigenvalue weighted by Gasteiger charge is -2.28. The van der Waals surface area contributed by atoms with Crippen LogP contribution in [0.4, 0.5) is 5.13 Å². The van der Waals surface area contributed by atoms with E-state index in [9.17, 15) is 14.4 Å². The second-order valence-electron chi connectivity index (χ2n) is 18.0. The number of hydrogen-bond acceptors (Lipinski definition) is 15. The van der Waals surface area contributed by atoms with E-state index in [1.54, 1.807) is 23.5 Å². The van der Waals surface area contributed by atoms with Gasteiger partial charge in [-0.1, -0.05) is 69.6 Å². The Balaban J connectivity index is 1.01. The van der Waals surface area contributed by atoms with Gasteiger partial charge in [0.15, 0.2) is 0 Å². The molecular weight excluding hydrogens is 911 g/mol. The Morgan fingerprint density at radius 2 is 1.30 bits per heavy atom. The summed E-state index contributed by atoms with van der Waals surface area (Å²) in [7, 11) is 0. The molecule has 0 radical (unpaired) electrons. The number of carbonyl (C=O) groups is 3. The number of aromatic nitrogens is 1.